The predicted molar refractivity (Wildman–Crippen MR) is 142 cm³/mol. The summed E-state index contributed by atoms with van der Waals surface area (Å²) >= 11 is 0. The van der Waals surface area contributed by atoms with Crippen molar-refractivity contribution in [3.05, 3.63) is 71.8 Å². The van der Waals surface area contributed by atoms with E-state index in [1.807, 2.05) is 60.7 Å². The molecule has 3 atom stereocenters. The monoisotopic (exact) mass is 525 g/mol. The highest BCUT2D eigenvalue weighted by molar-refractivity contribution is 5.95. The fourth-order valence-electron chi connectivity index (χ4n) is 4.59. The Balaban J connectivity index is 1.79. The van der Waals surface area contributed by atoms with E-state index >= 15 is 0 Å². The van der Waals surface area contributed by atoms with Gasteiger partial charge in [-0.15, -0.1) is 0 Å². The van der Waals surface area contributed by atoms with Crippen LogP contribution in [0, 0.1) is 5.92 Å². The van der Waals surface area contributed by atoms with Crippen LogP contribution in [0.1, 0.15) is 58.1 Å². The first-order chi connectivity index (χ1) is 18.1. The van der Waals surface area contributed by atoms with Gasteiger partial charge in [-0.05, 0) is 51.7 Å². The minimum Gasteiger partial charge on any atom is -0.461 e. The van der Waals surface area contributed by atoms with Crippen molar-refractivity contribution in [2.75, 3.05) is 13.2 Å². The van der Waals surface area contributed by atoms with E-state index in [-0.39, 0.29) is 32.6 Å². The summed E-state index contributed by atoms with van der Waals surface area (Å²) in [5.74, 6) is -1.92. The molecule has 0 spiro atoms. The van der Waals surface area contributed by atoms with Gasteiger partial charge in [0.15, 0.2) is 5.78 Å². The number of aliphatic hydroxyl groups excluding tert-OH is 1. The van der Waals surface area contributed by atoms with Crippen molar-refractivity contribution in [2.24, 2.45) is 5.92 Å². The lowest BCUT2D eigenvalue weighted by molar-refractivity contribution is -0.159. The van der Waals surface area contributed by atoms with Crippen molar-refractivity contribution in [1.29, 1.82) is 0 Å². The highest BCUT2D eigenvalue weighted by Crippen LogP contribution is 2.34. The Morgan fingerprint density at radius 1 is 0.974 bits per heavy atom. The van der Waals surface area contributed by atoms with Crippen molar-refractivity contribution < 1.29 is 33.7 Å². The standard InChI is InChI=1S/C30H39NO7/c1-22(36-19-23-12-7-5-8-13-23)25(27(34)37-20-24-14-9-6-10-15-24)18-26(33)30(21-32)16-11-17-31(30)28(35)38-29(2,3)4/h5-10,12-15,22,25,32H,11,16-21H2,1-4H3/t22-,25+,30-/m1/s1. The Bertz CT molecular complexity index is 1070. The summed E-state index contributed by atoms with van der Waals surface area (Å²) in [6.45, 7) is 7.01. The molecular weight excluding hydrogens is 486 g/mol. The summed E-state index contributed by atoms with van der Waals surface area (Å²) in [7, 11) is 0. The van der Waals surface area contributed by atoms with Crippen LogP contribution in [-0.4, -0.2) is 58.2 Å². The molecule has 1 N–H and O–H groups in total. The van der Waals surface area contributed by atoms with Crippen LogP contribution in [-0.2, 0) is 37.0 Å². The summed E-state index contributed by atoms with van der Waals surface area (Å²) in [5.41, 5.74) is -0.462. The Kier molecular flexibility index (Phi) is 10.1. The van der Waals surface area contributed by atoms with Gasteiger partial charge in [0.2, 0.25) is 0 Å². The van der Waals surface area contributed by atoms with Crippen molar-refractivity contribution in [3.8, 4) is 0 Å². The zero-order chi connectivity index (χ0) is 27.8. The van der Waals surface area contributed by atoms with E-state index in [1.54, 1.807) is 27.7 Å². The molecule has 1 aliphatic rings. The number of hydrogen-bond acceptors (Lipinski definition) is 7. The second-order valence-corrected chi connectivity index (χ2v) is 10.8. The molecule has 1 amide bonds. The van der Waals surface area contributed by atoms with E-state index in [2.05, 4.69) is 0 Å². The van der Waals surface area contributed by atoms with Crippen molar-refractivity contribution in [2.45, 2.75) is 77.4 Å². The molecule has 0 aliphatic carbocycles. The molecule has 8 nitrogen and oxygen atoms in total. The molecule has 0 saturated carbocycles. The number of Topliss-reactive ketones (excluding diaryl/α,β-unsaturated/α-hetero) is 1. The average molecular weight is 526 g/mol. The van der Waals surface area contributed by atoms with Gasteiger partial charge < -0.3 is 19.3 Å². The molecule has 1 heterocycles. The molecule has 8 heteroatoms. The van der Waals surface area contributed by atoms with Crippen LogP contribution in [0.2, 0.25) is 0 Å². The topological polar surface area (TPSA) is 102 Å². The second kappa shape index (κ2) is 13.0. The van der Waals surface area contributed by atoms with E-state index in [9.17, 15) is 19.5 Å². The molecule has 0 unspecified atom stereocenters. The van der Waals surface area contributed by atoms with E-state index in [1.165, 1.54) is 4.90 Å². The van der Waals surface area contributed by atoms with E-state index < -0.39 is 47.6 Å². The highest BCUT2D eigenvalue weighted by Gasteiger charge is 2.51. The SMILES string of the molecule is C[C@@H](OCc1ccccc1)[C@H](CC(=O)[C@]1(CO)CCCN1C(=O)OC(C)(C)C)C(=O)OCc1ccccc1. The lowest BCUT2D eigenvalue weighted by atomic mass is 9.84. The average Bonchev–Trinajstić information content (AvgIpc) is 3.35. The van der Waals surface area contributed by atoms with E-state index in [0.29, 0.717) is 6.42 Å². The third-order valence-electron chi connectivity index (χ3n) is 6.74. The number of aliphatic hydroxyl groups is 1. The molecule has 3 rings (SSSR count). The lowest BCUT2D eigenvalue weighted by Gasteiger charge is -2.37. The van der Waals surface area contributed by atoms with Crippen LogP contribution in [0.5, 0.6) is 0 Å². The number of hydrogen-bond donors (Lipinski definition) is 1. The van der Waals surface area contributed by atoms with Gasteiger partial charge in [-0.1, -0.05) is 60.7 Å². The Hall–Kier alpha value is -3.23. The number of amides is 1. The predicted octanol–water partition coefficient (Wildman–Crippen LogP) is 4.67. The van der Waals surface area contributed by atoms with Crippen LogP contribution in [0.4, 0.5) is 4.79 Å². The molecule has 2 aromatic rings. The van der Waals surface area contributed by atoms with Gasteiger partial charge in [-0.2, -0.15) is 0 Å². The Labute approximate surface area is 224 Å². The van der Waals surface area contributed by atoms with E-state index in [0.717, 1.165) is 11.1 Å². The maximum Gasteiger partial charge on any atom is 0.411 e. The lowest BCUT2D eigenvalue weighted by Crippen LogP contribution is -2.57. The summed E-state index contributed by atoms with van der Waals surface area (Å²) in [6.07, 6.45) is -0.742. The van der Waals surface area contributed by atoms with Gasteiger partial charge in [0, 0.05) is 13.0 Å². The first-order valence-electron chi connectivity index (χ1n) is 13.1. The van der Waals surface area contributed by atoms with Crippen LogP contribution in [0.15, 0.2) is 60.7 Å². The number of ether oxygens (including phenoxy) is 3. The summed E-state index contributed by atoms with van der Waals surface area (Å²) in [5, 5.41) is 10.4. The summed E-state index contributed by atoms with van der Waals surface area (Å²) in [4.78, 5) is 41.3. The number of benzene rings is 2. The largest absolute Gasteiger partial charge is 0.461 e. The Morgan fingerprint density at radius 3 is 2.11 bits per heavy atom. The number of ketones is 1. The minimum absolute atomic E-state index is 0.0605. The first kappa shape index (κ1) is 29.3. The zero-order valence-electron chi connectivity index (χ0n) is 22.7. The summed E-state index contributed by atoms with van der Waals surface area (Å²) in [6, 6.07) is 18.8. The van der Waals surface area contributed by atoms with Crippen molar-refractivity contribution in [3.63, 3.8) is 0 Å². The van der Waals surface area contributed by atoms with Crippen LogP contribution in [0.3, 0.4) is 0 Å². The third kappa shape index (κ3) is 7.65. The molecule has 38 heavy (non-hydrogen) atoms. The van der Waals surface area contributed by atoms with Gasteiger partial charge in [0.25, 0.3) is 0 Å². The number of likely N-dealkylation sites (tertiary alicyclic amines) is 1. The summed E-state index contributed by atoms with van der Waals surface area (Å²) < 4.78 is 17.1. The second-order valence-electron chi connectivity index (χ2n) is 10.8. The third-order valence-corrected chi connectivity index (χ3v) is 6.74. The van der Waals surface area contributed by atoms with Gasteiger partial charge in [0.05, 0.1) is 25.2 Å². The number of nitrogens with zero attached hydrogens (tertiary/aromatic N) is 1. The normalized spacial score (nSPS) is 19.0. The molecule has 0 bridgehead atoms. The quantitative estimate of drug-likeness (QED) is 0.425. The first-order valence-corrected chi connectivity index (χ1v) is 13.1. The maximum absolute atomic E-state index is 13.8. The maximum atomic E-state index is 13.8. The van der Waals surface area contributed by atoms with Gasteiger partial charge in [0.1, 0.15) is 17.7 Å². The molecule has 1 aliphatic heterocycles. The molecule has 1 fully saturated rings. The van der Waals surface area contributed by atoms with Crippen molar-refractivity contribution >= 4 is 17.8 Å². The van der Waals surface area contributed by atoms with Gasteiger partial charge in [-0.25, -0.2) is 4.79 Å². The highest BCUT2D eigenvalue weighted by atomic mass is 16.6. The van der Waals surface area contributed by atoms with Crippen LogP contribution < -0.4 is 0 Å². The molecule has 1 saturated heterocycles. The van der Waals surface area contributed by atoms with Crippen molar-refractivity contribution in [1.82, 2.24) is 4.90 Å². The molecule has 2 aromatic carbocycles. The molecule has 0 aromatic heterocycles. The number of rotatable bonds is 11. The fraction of sp³-hybridized carbons (Fsp3) is 0.500. The molecular formula is C30H39NO7. The number of carbonyl (C=O) groups is 3. The molecule has 206 valence electrons. The van der Waals surface area contributed by atoms with Crippen LogP contribution >= 0.6 is 0 Å². The number of carbonyl (C=O) groups excluding carboxylic acids is 3. The van der Waals surface area contributed by atoms with Crippen LogP contribution in [0.25, 0.3) is 0 Å². The van der Waals surface area contributed by atoms with Gasteiger partial charge in [-0.3, -0.25) is 14.5 Å². The van der Waals surface area contributed by atoms with Gasteiger partial charge >= 0.3 is 12.1 Å². The van der Waals surface area contributed by atoms with E-state index in [4.69, 9.17) is 14.2 Å². The zero-order valence-corrected chi connectivity index (χ0v) is 22.7. The minimum atomic E-state index is -1.46. The smallest absolute Gasteiger partial charge is 0.411 e. The number of esters is 1. The molecule has 0 radical (unpaired) electrons. The fourth-order valence-corrected chi connectivity index (χ4v) is 4.59. The Morgan fingerprint density at radius 2 is 1.55 bits per heavy atom.